The van der Waals surface area contributed by atoms with E-state index in [9.17, 15) is 35.4 Å². The molecule has 0 saturated carbocycles. The second kappa shape index (κ2) is 8.10. The summed E-state index contributed by atoms with van der Waals surface area (Å²) < 4.78 is 4.38. The number of aromatic hydroxyl groups is 3. The lowest BCUT2D eigenvalue weighted by Crippen LogP contribution is -2.50. The number of hydrogen-bond donors (Lipinski definition) is 9. The van der Waals surface area contributed by atoms with Gasteiger partial charge >= 0.3 is 5.97 Å². The molecule has 0 amide bonds. The van der Waals surface area contributed by atoms with Crippen molar-refractivity contribution < 1.29 is 55.5 Å². The molecular weight excluding hydrogens is 332 g/mol. The molecule has 1 rings (SSSR count). The van der Waals surface area contributed by atoms with E-state index < -0.39 is 66.1 Å². The van der Waals surface area contributed by atoms with Crippen molar-refractivity contribution in [2.75, 3.05) is 6.61 Å². The first kappa shape index (κ1) is 19.9. The van der Waals surface area contributed by atoms with Gasteiger partial charge in [-0.2, -0.15) is 0 Å². The molecule has 1 aromatic rings. The van der Waals surface area contributed by atoms with Gasteiger partial charge in [-0.15, -0.1) is 0 Å². The minimum Gasteiger partial charge on any atom is -0.504 e. The van der Waals surface area contributed by atoms with Crippen LogP contribution in [0.25, 0.3) is 0 Å². The van der Waals surface area contributed by atoms with Gasteiger partial charge in [0.1, 0.15) is 24.4 Å². The highest BCUT2D eigenvalue weighted by Gasteiger charge is 2.36. The van der Waals surface area contributed by atoms with Crippen molar-refractivity contribution in [3.63, 3.8) is 0 Å². The van der Waals surface area contributed by atoms with E-state index in [2.05, 4.69) is 4.74 Å². The van der Waals surface area contributed by atoms with Crippen LogP contribution in [0.4, 0.5) is 0 Å². The summed E-state index contributed by atoms with van der Waals surface area (Å²) in [4.78, 5) is 11.7. The van der Waals surface area contributed by atoms with E-state index in [-0.39, 0.29) is 0 Å². The average molecular weight is 350 g/mol. The number of ether oxygens (including phenoxy) is 1. The molecule has 0 fully saturated rings. The van der Waals surface area contributed by atoms with Gasteiger partial charge in [-0.05, 0) is 12.1 Å². The van der Waals surface area contributed by atoms with Gasteiger partial charge in [0, 0.05) is 0 Å². The summed E-state index contributed by atoms with van der Waals surface area (Å²) >= 11 is 0. The highest BCUT2D eigenvalue weighted by Crippen LogP contribution is 2.35. The van der Waals surface area contributed by atoms with Crippen molar-refractivity contribution in [1.29, 1.82) is 0 Å². The van der Waals surface area contributed by atoms with Gasteiger partial charge in [0.15, 0.2) is 17.2 Å². The van der Waals surface area contributed by atoms with Crippen molar-refractivity contribution in [2.45, 2.75) is 30.7 Å². The van der Waals surface area contributed by atoms with E-state index in [0.717, 1.165) is 0 Å². The maximum Gasteiger partial charge on any atom is 0.340 e. The minimum atomic E-state index is -2.36. The molecule has 1 aromatic carbocycles. The van der Waals surface area contributed by atoms with E-state index in [0.29, 0.717) is 12.1 Å². The van der Waals surface area contributed by atoms with Crippen LogP contribution in [-0.2, 0) is 4.74 Å². The third kappa shape index (κ3) is 4.44. The van der Waals surface area contributed by atoms with E-state index in [1.807, 2.05) is 0 Å². The summed E-state index contributed by atoms with van der Waals surface area (Å²) in [5, 5.41) is 83.5. The molecule has 0 aliphatic rings. The quantitative estimate of drug-likeness (QED) is 0.135. The third-order valence-corrected chi connectivity index (χ3v) is 3.11. The summed E-state index contributed by atoms with van der Waals surface area (Å²) in [6.07, 6.45) is -10.6. The van der Waals surface area contributed by atoms with Gasteiger partial charge in [0.05, 0.1) is 12.2 Å². The Kier molecular flexibility index (Phi) is 6.71. The zero-order valence-electron chi connectivity index (χ0n) is 12.1. The standard InChI is InChI=1S/C13H18O11/c14-3-7(17)9(19)10(20)11(21)13(23)24-12(22)4-1-5(15)8(18)6(16)2-4/h1-2,7,9-11,13-21,23H,3H2/t7-,9-,10+,11+,13?/m1/s1. The fraction of sp³-hybridized carbons (Fsp3) is 0.462. The van der Waals surface area contributed by atoms with Gasteiger partial charge in [-0.1, -0.05) is 0 Å². The number of aliphatic hydroxyl groups excluding tert-OH is 6. The largest absolute Gasteiger partial charge is 0.504 e. The summed E-state index contributed by atoms with van der Waals surface area (Å²) in [5.74, 6) is -3.93. The van der Waals surface area contributed by atoms with Gasteiger partial charge in [0.2, 0.25) is 6.29 Å². The Morgan fingerprint density at radius 2 is 1.42 bits per heavy atom. The minimum absolute atomic E-state index is 0.500. The van der Waals surface area contributed by atoms with Crippen LogP contribution in [-0.4, -0.2) is 89.2 Å². The van der Waals surface area contributed by atoms with Crippen LogP contribution in [0.15, 0.2) is 12.1 Å². The molecule has 5 atom stereocenters. The first-order chi connectivity index (χ1) is 11.1. The molecule has 0 heterocycles. The van der Waals surface area contributed by atoms with E-state index in [4.69, 9.17) is 15.3 Å². The molecule has 0 aliphatic carbocycles. The topological polar surface area (TPSA) is 208 Å². The van der Waals surface area contributed by atoms with Gasteiger partial charge in [0.25, 0.3) is 0 Å². The Labute approximate surface area is 134 Å². The maximum absolute atomic E-state index is 11.7. The number of phenols is 3. The molecule has 11 nitrogen and oxygen atoms in total. The summed E-state index contributed by atoms with van der Waals surface area (Å²) in [6.45, 7) is -0.938. The molecule has 9 N–H and O–H groups in total. The number of esters is 1. The monoisotopic (exact) mass is 350 g/mol. The van der Waals surface area contributed by atoms with Gasteiger partial charge < -0.3 is 50.7 Å². The number of carbonyl (C=O) groups excluding carboxylic acids is 1. The van der Waals surface area contributed by atoms with Crippen LogP contribution < -0.4 is 0 Å². The van der Waals surface area contributed by atoms with Crippen molar-refractivity contribution in [2.24, 2.45) is 0 Å². The zero-order chi connectivity index (χ0) is 18.6. The van der Waals surface area contributed by atoms with E-state index in [1.54, 1.807) is 0 Å². The fourth-order valence-corrected chi connectivity index (χ4v) is 1.68. The number of rotatable bonds is 7. The van der Waals surface area contributed by atoms with Gasteiger partial charge in [-0.25, -0.2) is 4.79 Å². The molecule has 0 bridgehead atoms. The highest BCUT2D eigenvalue weighted by atomic mass is 16.6. The lowest BCUT2D eigenvalue weighted by Gasteiger charge is -2.28. The normalized spacial score (nSPS) is 17.6. The van der Waals surface area contributed by atoms with Crippen LogP contribution >= 0.6 is 0 Å². The number of hydrogen-bond acceptors (Lipinski definition) is 11. The molecule has 0 aliphatic heterocycles. The Balaban J connectivity index is 2.79. The van der Waals surface area contributed by atoms with Crippen molar-refractivity contribution in [3.8, 4) is 17.2 Å². The first-order valence-electron chi connectivity index (χ1n) is 6.57. The van der Waals surface area contributed by atoms with E-state index in [1.165, 1.54) is 0 Å². The maximum atomic E-state index is 11.7. The summed E-state index contributed by atoms with van der Waals surface area (Å²) in [5.41, 5.74) is -0.500. The molecule has 136 valence electrons. The Bertz CT molecular complexity index is 552. The molecular formula is C13H18O11. The zero-order valence-corrected chi connectivity index (χ0v) is 12.1. The molecule has 0 saturated heterocycles. The third-order valence-electron chi connectivity index (χ3n) is 3.11. The lowest BCUT2D eigenvalue weighted by molar-refractivity contribution is -0.191. The van der Waals surface area contributed by atoms with Crippen molar-refractivity contribution in [1.82, 2.24) is 0 Å². The fourth-order valence-electron chi connectivity index (χ4n) is 1.68. The summed E-state index contributed by atoms with van der Waals surface area (Å²) in [7, 11) is 0. The first-order valence-corrected chi connectivity index (χ1v) is 6.57. The SMILES string of the molecule is O=C(OC(O)[C@@H](O)[C@@H](O)[C@H](O)[C@H](O)CO)c1cc(O)c(O)c(O)c1. The Hall–Kier alpha value is -2.15. The van der Waals surface area contributed by atoms with Gasteiger partial charge in [-0.3, -0.25) is 0 Å². The second-order valence-electron chi connectivity index (χ2n) is 4.88. The van der Waals surface area contributed by atoms with Crippen LogP contribution in [0.1, 0.15) is 10.4 Å². The van der Waals surface area contributed by atoms with Crippen LogP contribution in [0.5, 0.6) is 17.2 Å². The number of benzene rings is 1. The van der Waals surface area contributed by atoms with Crippen molar-refractivity contribution in [3.05, 3.63) is 17.7 Å². The number of aliphatic hydroxyl groups is 6. The summed E-state index contributed by atoms with van der Waals surface area (Å²) in [6, 6.07) is 1.41. The lowest BCUT2D eigenvalue weighted by atomic mass is 10.0. The Morgan fingerprint density at radius 1 is 0.917 bits per heavy atom. The van der Waals surface area contributed by atoms with Crippen LogP contribution in [0, 0.1) is 0 Å². The predicted octanol–water partition coefficient (Wildman–Crippen LogP) is -3.29. The second-order valence-corrected chi connectivity index (χ2v) is 4.88. The molecule has 0 radical (unpaired) electrons. The van der Waals surface area contributed by atoms with Crippen molar-refractivity contribution >= 4 is 5.97 Å². The van der Waals surface area contributed by atoms with E-state index >= 15 is 0 Å². The molecule has 1 unspecified atom stereocenters. The average Bonchev–Trinajstić information content (AvgIpc) is 2.55. The molecule has 24 heavy (non-hydrogen) atoms. The predicted molar refractivity (Wildman–Crippen MR) is 74.0 cm³/mol. The molecule has 0 spiro atoms. The molecule has 0 aromatic heterocycles. The number of phenolic OH excluding ortho intramolecular Hbond substituents is 3. The van der Waals surface area contributed by atoms with Crippen LogP contribution in [0.3, 0.4) is 0 Å². The van der Waals surface area contributed by atoms with Crippen LogP contribution in [0.2, 0.25) is 0 Å². The highest BCUT2D eigenvalue weighted by molar-refractivity contribution is 5.91. The number of carbonyl (C=O) groups is 1. The Morgan fingerprint density at radius 3 is 1.88 bits per heavy atom. The molecule has 11 heteroatoms. The smallest absolute Gasteiger partial charge is 0.340 e.